The fourth-order valence-electron chi connectivity index (χ4n) is 3.21. The lowest BCUT2D eigenvalue weighted by atomic mass is 9.99. The van der Waals surface area contributed by atoms with Crippen molar-refractivity contribution in [2.24, 2.45) is 5.73 Å². The molecule has 2 aromatic rings. The molecule has 29 heavy (non-hydrogen) atoms. The van der Waals surface area contributed by atoms with E-state index in [1.165, 1.54) is 0 Å². The first-order chi connectivity index (χ1) is 13.9. The fraction of sp³-hybridized carbons (Fsp3) is 0.400. The number of carbonyl (C=O) groups is 1. The number of nitrogens with one attached hydrogen (secondary N) is 1. The van der Waals surface area contributed by atoms with Gasteiger partial charge in [0.1, 0.15) is 12.8 Å². The Bertz CT molecular complexity index is 814. The first-order valence-corrected chi connectivity index (χ1v) is 10.1. The van der Waals surface area contributed by atoms with E-state index in [1.807, 2.05) is 24.3 Å². The monoisotopic (exact) mass is 440 g/mol. The number of hydrogen-bond donors (Lipinski definition) is 3. The van der Waals surface area contributed by atoms with E-state index in [9.17, 15) is 14.3 Å². The Balaban J connectivity index is 1.63. The van der Waals surface area contributed by atoms with Gasteiger partial charge < -0.3 is 16.2 Å². The summed E-state index contributed by atoms with van der Waals surface area (Å²) < 4.78 is 13.3. The second kappa shape index (κ2) is 9.82. The minimum absolute atomic E-state index is 0.264. The van der Waals surface area contributed by atoms with Crippen LogP contribution < -0.4 is 11.1 Å². The summed E-state index contributed by atoms with van der Waals surface area (Å²) in [5.74, 6) is -0.752. The highest BCUT2D eigenvalue weighted by Crippen LogP contribution is 2.24. The SMILES string of the molecule is NC1CN(Cc2ccc(-c3ccc([C@@H](O)[C@@H](CF)NC(=O)C(Cl)Cl)cc3)cn2)C1. The molecule has 1 aliphatic rings. The highest BCUT2D eigenvalue weighted by molar-refractivity contribution is 6.53. The van der Waals surface area contributed by atoms with E-state index in [4.69, 9.17) is 28.9 Å². The summed E-state index contributed by atoms with van der Waals surface area (Å²) in [6.07, 6.45) is 0.570. The fourth-order valence-corrected chi connectivity index (χ4v) is 3.34. The van der Waals surface area contributed by atoms with Crippen LogP contribution in [0.4, 0.5) is 4.39 Å². The molecule has 3 rings (SSSR count). The number of likely N-dealkylation sites (tertiary alicyclic amines) is 1. The predicted molar refractivity (Wildman–Crippen MR) is 111 cm³/mol. The first-order valence-electron chi connectivity index (χ1n) is 9.23. The van der Waals surface area contributed by atoms with Gasteiger partial charge in [-0.05, 0) is 17.2 Å². The van der Waals surface area contributed by atoms with Crippen molar-refractivity contribution < 1.29 is 14.3 Å². The van der Waals surface area contributed by atoms with E-state index in [-0.39, 0.29) is 6.04 Å². The number of pyridine rings is 1. The average molecular weight is 441 g/mol. The minimum Gasteiger partial charge on any atom is -0.386 e. The van der Waals surface area contributed by atoms with E-state index >= 15 is 0 Å². The maximum atomic E-state index is 13.3. The van der Waals surface area contributed by atoms with Crippen molar-refractivity contribution in [2.45, 2.75) is 29.6 Å². The molecule has 0 saturated carbocycles. The number of rotatable bonds is 8. The predicted octanol–water partition coefficient (Wildman–Crippen LogP) is 2.18. The van der Waals surface area contributed by atoms with Gasteiger partial charge >= 0.3 is 0 Å². The van der Waals surface area contributed by atoms with Crippen molar-refractivity contribution in [3.63, 3.8) is 0 Å². The number of amides is 1. The van der Waals surface area contributed by atoms with Crippen molar-refractivity contribution in [1.82, 2.24) is 15.2 Å². The summed E-state index contributed by atoms with van der Waals surface area (Å²) in [7, 11) is 0. The van der Waals surface area contributed by atoms with Gasteiger partial charge in [0.25, 0.3) is 5.91 Å². The van der Waals surface area contributed by atoms with Gasteiger partial charge in [0.05, 0.1) is 11.7 Å². The number of aromatic nitrogens is 1. The lowest BCUT2D eigenvalue weighted by molar-refractivity contribution is -0.121. The van der Waals surface area contributed by atoms with Crippen LogP contribution in [0.2, 0.25) is 0 Å². The van der Waals surface area contributed by atoms with Crippen LogP contribution in [0.5, 0.6) is 0 Å². The molecule has 1 saturated heterocycles. The van der Waals surface area contributed by atoms with Crippen molar-refractivity contribution in [3.8, 4) is 11.1 Å². The molecule has 0 unspecified atom stereocenters. The molecule has 1 aromatic carbocycles. The molecular formula is C20H23Cl2FN4O2. The van der Waals surface area contributed by atoms with Gasteiger partial charge in [0.2, 0.25) is 0 Å². The van der Waals surface area contributed by atoms with Gasteiger partial charge in [-0.25, -0.2) is 4.39 Å². The molecule has 1 amide bonds. The number of nitrogens with two attached hydrogens (primary N) is 1. The zero-order valence-electron chi connectivity index (χ0n) is 15.6. The Labute approximate surface area is 178 Å². The second-order valence-electron chi connectivity index (χ2n) is 7.13. The summed E-state index contributed by atoms with van der Waals surface area (Å²) in [5, 5.41) is 12.7. The second-order valence-corrected chi connectivity index (χ2v) is 8.23. The van der Waals surface area contributed by atoms with Crippen molar-refractivity contribution in [1.29, 1.82) is 0 Å². The number of nitrogens with zero attached hydrogens (tertiary/aromatic N) is 2. The van der Waals surface area contributed by atoms with E-state index in [2.05, 4.69) is 15.2 Å². The maximum Gasteiger partial charge on any atom is 0.253 e. The normalized spacial score (nSPS) is 17.0. The Morgan fingerprint density at radius 2 is 1.90 bits per heavy atom. The molecule has 0 radical (unpaired) electrons. The number of hydrogen-bond acceptors (Lipinski definition) is 5. The zero-order valence-corrected chi connectivity index (χ0v) is 17.2. The van der Waals surface area contributed by atoms with Gasteiger partial charge in [-0.2, -0.15) is 0 Å². The van der Waals surface area contributed by atoms with Crippen LogP contribution in [0.1, 0.15) is 17.4 Å². The summed E-state index contributed by atoms with van der Waals surface area (Å²) in [4.78, 5) is 17.0. The molecule has 2 atom stereocenters. The number of aliphatic hydroxyl groups is 1. The molecule has 1 aromatic heterocycles. The molecular weight excluding hydrogens is 418 g/mol. The molecule has 0 spiro atoms. The molecule has 1 fully saturated rings. The first kappa shape index (κ1) is 21.9. The minimum atomic E-state index is -1.33. The van der Waals surface area contributed by atoms with Crippen LogP contribution in [0.3, 0.4) is 0 Å². The van der Waals surface area contributed by atoms with Gasteiger partial charge in [-0.3, -0.25) is 14.7 Å². The van der Waals surface area contributed by atoms with Crippen LogP contribution in [0.25, 0.3) is 11.1 Å². The Kier molecular flexibility index (Phi) is 7.43. The largest absolute Gasteiger partial charge is 0.386 e. The maximum absolute atomic E-state index is 13.3. The molecule has 9 heteroatoms. The quantitative estimate of drug-likeness (QED) is 0.547. The topological polar surface area (TPSA) is 91.5 Å². The lowest BCUT2D eigenvalue weighted by Crippen LogP contribution is -2.54. The van der Waals surface area contributed by atoms with E-state index in [0.29, 0.717) is 5.56 Å². The molecule has 156 valence electrons. The summed E-state index contributed by atoms with van der Waals surface area (Å²) >= 11 is 10.9. The summed E-state index contributed by atoms with van der Waals surface area (Å²) in [6.45, 7) is 1.61. The van der Waals surface area contributed by atoms with E-state index in [1.54, 1.807) is 18.3 Å². The van der Waals surface area contributed by atoms with Crippen LogP contribution in [-0.2, 0) is 11.3 Å². The third-order valence-electron chi connectivity index (χ3n) is 4.85. The number of aliphatic hydroxyl groups excluding tert-OH is 1. The van der Waals surface area contributed by atoms with Gasteiger partial charge in [0, 0.05) is 37.4 Å². The standard InChI is InChI=1S/C20H23Cl2FN4O2/c21-19(22)20(29)26-17(7-23)18(28)13-3-1-12(2-4-13)14-5-6-16(25-8-14)11-27-9-15(24)10-27/h1-6,8,15,17-19,28H,7,9-11,24H2,(H,26,29)/t17-,18-/m1/s1. The van der Waals surface area contributed by atoms with Gasteiger partial charge in [-0.15, -0.1) is 0 Å². The molecule has 6 nitrogen and oxygen atoms in total. The van der Waals surface area contributed by atoms with Crippen LogP contribution in [0, 0.1) is 0 Å². The molecule has 1 aliphatic heterocycles. The molecule has 0 bridgehead atoms. The highest BCUT2D eigenvalue weighted by Gasteiger charge is 2.25. The van der Waals surface area contributed by atoms with Gasteiger partial charge in [-0.1, -0.05) is 53.5 Å². The zero-order chi connectivity index (χ0) is 21.0. The average Bonchev–Trinajstić information content (AvgIpc) is 2.70. The van der Waals surface area contributed by atoms with Crippen LogP contribution in [-0.4, -0.2) is 57.6 Å². The number of alkyl halides is 3. The molecule has 4 N–H and O–H groups in total. The van der Waals surface area contributed by atoms with E-state index in [0.717, 1.165) is 36.5 Å². The Morgan fingerprint density at radius 3 is 2.41 bits per heavy atom. The number of carbonyl (C=O) groups excluding carboxylic acids is 1. The summed E-state index contributed by atoms with van der Waals surface area (Å²) in [5.41, 5.74) is 9.07. The molecule has 2 heterocycles. The highest BCUT2D eigenvalue weighted by atomic mass is 35.5. The van der Waals surface area contributed by atoms with E-state index < -0.39 is 29.6 Å². The van der Waals surface area contributed by atoms with Crippen molar-refractivity contribution >= 4 is 29.1 Å². The lowest BCUT2D eigenvalue weighted by Gasteiger charge is -2.36. The Hall–Kier alpha value is -1.77. The molecule has 0 aliphatic carbocycles. The van der Waals surface area contributed by atoms with Crippen LogP contribution in [0.15, 0.2) is 42.6 Å². The third-order valence-corrected chi connectivity index (χ3v) is 5.25. The van der Waals surface area contributed by atoms with Crippen LogP contribution >= 0.6 is 23.2 Å². The Morgan fingerprint density at radius 1 is 1.24 bits per heavy atom. The smallest absolute Gasteiger partial charge is 0.253 e. The van der Waals surface area contributed by atoms with Crippen molar-refractivity contribution in [2.75, 3.05) is 19.8 Å². The van der Waals surface area contributed by atoms with Gasteiger partial charge in [0.15, 0.2) is 4.84 Å². The number of benzene rings is 1. The number of halogens is 3. The summed E-state index contributed by atoms with van der Waals surface area (Å²) in [6, 6.07) is 10.1. The van der Waals surface area contributed by atoms with Crippen molar-refractivity contribution in [3.05, 3.63) is 53.9 Å². The third kappa shape index (κ3) is 5.65.